The van der Waals surface area contributed by atoms with Crippen LogP contribution in [0.3, 0.4) is 0 Å². The van der Waals surface area contributed by atoms with Crippen LogP contribution in [-0.2, 0) is 0 Å². The molecule has 1 unspecified atom stereocenters. The zero-order valence-electron chi connectivity index (χ0n) is 12.5. The first-order valence-electron chi connectivity index (χ1n) is 6.41. The second-order valence-corrected chi connectivity index (χ2v) is 6.35. The first-order valence-corrected chi connectivity index (χ1v) is 7.21. The Kier molecular flexibility index (Phi) is 9.23. The number of aliphatic imine (C=N–C) groups is 1. The van der Waals surface area contributed by atoms with E-state index in [2.05, 4.69) is 26.2 Å². The van der Waals surface area contributed by atoms with E-state index in [-0.39, 0.29) is 42.7 Å². The smallest absolute Gasteiger partial charge is 0.189 e. The third kappa shape index (κ3) is 9.15. The van der Waals surface area contributed by atoms with Gasteiger partial charge in [-0.3, -0.25) is 4.99 Å². The highest BCUT2D eigenvalue weighted by atomic mass is 127. The molecule has 7 heteroatoms. The molecule has 0 aliphatic rings. The Balaban J connectivity index is 0.00000400. The summed E-state index contributed by atoms with van der Waals surface area (Å²) in [5.74, 6) is 1.01. The summed E-state index contributed by atoms with van der Waals surface area (Å²) in [7, 11) is 0. The number of hydrogen-bond donors (Lipinski definition) is 3. The van der Waals surface area contributed by atoms with Gasteiger partial charge in [0.15, 0.2) is 5.96 Å². The quantitative estimate of drug-likeness (QED) is 0.350. The van der Waals surface area contributed by atoms with Crippen LogP contribution in [0.25, 0.3) is 0 Å². The zero-order valence-corrected chi connectivity index (χ0v) is 16.4. The molecule has 0 aliphatic heterocycles. The highest BCUT2D eigenvalue weighted by molar-refractivity contribution is 14.0. The Bertz CT molecular complexity index is 464. The normalized spacial score (nSPS) is 13.3. The van der Waals surface area contributed by atoms with Crippen LogP contribution in [0.15, 0.2) is 33.7 Å². The number of rotatable bonds is 5. The molecule has 120 valence electrons. The van der Waals surface area contributed by atoms with Gasteiger partial charge in [-0.25, -0.2) is 0 Å². The fraction of sp³-hybridized carbons (Fsp3) is 0.500. The summed E-state index contributed by atoms with van der Waals surface area (Å²) in [5.41, 5.74) is 5.57. The minimum absolute atomic E-state index is 0. The molecule has 1 aromatic rings. The van der Waals surface area contributed by atoms with Crippen molar-refractivity contribution < 1.29 is 9.84 Å². The lowest BCUT2D eigenvalue weighted by Gasteiger charge is -2.21. The van der Waals surface area contributed by atoms with Crippen LogP contribution < -0.4 is 15.8 Å². The van der Waals surface area contributed by atoms with Crippen molar-refractivity contribution in [1.29, 1.82) is 0 Å². The van der Waals surface area contributed by atoms with Crippen LogP contribution in [0.1, 0.15) is 20.8 Å². The second-order valence-electron chi connectivity index (χ2n) is 5.50. The first kappa shape index (κ1) is 20.5. The molecule has 4 N–H and O–H groups in total. The molecule has 0 aliphatic carbocycles. The van der Waals surface area contributed by atoms with Crippen LogP contribution in [-0.4, -0.2) is 35.9 Å². The molecular formula is C14H23BrIN3O2. The van der Waals surface area contributed by atoms with Gasteiger partial charge in [0.1, 0.15) is 18.5 Å². The zero-order chi connectivity index (χ0) is 15.2. The van der Waals surface area contributed by atoms with E-state index in [4.69, 9.17) is 10.5 Å². The van der Waals surface area contributed by atoms with E-state index in [0.29, 0.717) is 11.7 Å². The molecule has 1 aromatic carbocycles. The lowest BCUT2D eigenvalue weighted by Crippen LogP contribution is -2.45. The molecular weight excluding hydrogens is 449 g/mol. The van der Waals surface area contributed by atoms with Gasteiger partial charge in [-0.2, -0.15) is 0 Å². The third-order valence-electron chi connectivity index (χ3n) is 2.24. The SMILES string of the molecule is CC(C)(C)NC(N)=NCC(O)COc1ccccc1Br.I. The van der Waals surface area contributed by atoms with Crippen molar-refractivity contribution in [2.24, 2.45) is 10.7 Å². The Labute approximate surface area is 151 Å². The van der Waals surface area contributed by atoms with Crippen LogP contribution >= 0.6 is 39.9 Å². The number of aliphatic hydroxyl groups excluding tert-OH is 1. The van der Waals surface area contributed by atoms with E-state index in [1.807, 2.05) is 45.0 Å². The molecule has 5 nitrogen and oxygen atoms in total. The Morgan fingerprint density at radius 1 is 1.43 bits per heavy atom. The Hall–Kier alpha value is -0.540. The van der Waals surface area contributed by atoms with Gasteiger partial charge in [0.25, 0.3) is 0 Å². The number of nitrogens with two attached hydrogens (primary N) is 1. The monoisotopic (exact) mass is 471 g/mol. The summed E-state index contributed by atoms with van der Waals surface area (Å²) in [4.78, 5) is 4.09. The molecule has 0 spiro atoms. The van der Waals surface area contributed by atoms with E-state index in [9.17, 15) is 5.11 Å². The molecule has 1 rings (SSSR count). The standard InChI is InChI=1S/C14H22BrN3O2.HI/c1-14(2,3)18-13(16)17-8-10(19)9-20-12-7-5-4-6-11(12)15;/h4-7,10,19H,8-9H2,1-3H3,(H3,16,17,18);1H. The van der Waals surface area contributed by atoms with Gasteiger partial charge in [-0.05, 0) is 48.8 Å². The predicted octanol–water partition coefficient (Wildman–Crippen LogP) is 2.51. The number of ether oxygens (including phenoxy) is 1. The number of aliphatic hydroxyl groups is 1. The molecule has 21 heavy (non-hydrogen) atoms. The van der Waals surface area contributed by atoms with Crippen molar-refractivity contribution in [2.45, 2.75) is 32.4 Å². The maximum atomic E-state index is 9.82. The lowest BCUT2D eigenvalue weighted by atomic mass is 10.1. The topological polar surface area (TPSA) is 79.9 Å². The molecule has 0 fully saturated rings. The van der Waals surface area contributed by atoms with Crippen LogP contribution in [0.2, 0.25) is 0 Å². The number of benzene rings is 1. The minimum Gasteiger partial charge on any atom is -0.490 e. The summed E-state index contributed by atoms with van der Waals surface area (Å²) in [6.45, 7) is 6.32. The van der Waals surface area contributed by atoms with Gasteiger partial charge in [0, 0.05) is 5.54 Å². The maximum Gasteiger partial charge on any atom is 0.189 e. The van der Waals surface area contributed by atoms with Gasteiger partial charge in [-0.15, -0.1) is 24.0 Å². The minimum atomic E-state index is -0.706. The highest BCUT2D eigenvalue weighted by Gasteiger charge is 2.11. The number of nitrogens with zero attached hydrogens (tertiary/aromatic N) is 1. The first-order chi connectivity index (χ1) is 9.28. The summed E-state index contributed by atoms with van der Waals surface area (Å²) >= 11 is 3.38. The van der Waals surface area contributed by atoms with Gasteiger partial charge in [0.05, 0.1) is 11.0 Å². The number of para-hydroxylation sites is 1. The summed E-state index contributed by atoms with van der Waals surface area (Å²) in [6, 6.07) is 7.48. The summed E-state index contributed by atoms with van der Waals surface area (Å²) < 4.78 is 6.36. The highest BCUT2D eigenvalue weighted by Crippen LogP contribution is 2.23. The third-order valence-corrected chi connectivity index (χ3v) is 2.90. The van der Waals surface area contributed by atoms with Crippen molar-refractivity contribution in [3.63, 3.8) is 0 Å². The number of hydrogen-bond acceptors (Lipinski definition) is 3. The largest absolute Gasteiger partial charge is 0.490 e. The number of nitrogens with one attached hydrogen (secondary N) is 1. The van der Waals surface area contributed by atoms with Crippen molar-refractivity contribution in [1.82, 2.24) is 5.32 Å². The van der Waals surface area contributed by atoms with Gasteiger partial charge in [-0.1, -0.05) is 12.1 Å². The molecule has 0 aromatic heterocycles. The van der Waals surface area contributed by atoms with Gasteiger partial charge >= 0.3 is 0 Å². The van der Waals surface area contributed by atoms with E-state index >= 15 is 0 Å². The maximum absolute atomic E-state index is 9.82. The van der Waals surface area contributed by atoms with Crippen LogP contribution in [0.5, 0.6) is 5.75 Å². The molecule has 0 heterocycles. The average molecular weight is 472 g/mol. The molecule has 0 amide bonds. The lowest BCUT2D eigenvalue weighted by molar-refractivity contribution is 0.114. The predicted molar refractivity (Wildman–Crippen MR) is 100 cm³/mol. The Morgan fingerprint density at radius 2 is 2.05 bits per heavy atom. The van der Waals surface area contributed by atoms with E-state index < -0.39 is 6.10 Å². The fourth-order valence-electron chi connectivity index (χ4n) is 1.43. The Morgan fingerprint density at radius 3 is 2.62 bits per heavy atom. The number of guanidine groups is 1. The van der Waals surface area contributed by atoms with Gasteiger partial charge in [0.2, 0.25) is 0 Å². The van der Waals surface area contributed by atoms with Crippen molar-refractivity contribution >= 4 is 45.9 Å². The summed E-state index contributed by atoms with van der Waals surface area (Å²) in [6.07, 6.45) is -0.706. The van der Waals surface area contributed by atoms with E-state index in [0.717, 1.165) is 4.47 Å². The van der Waals surface area contributed by atoms with Crippen LogP contribution in [0.4, 0.5) is 0 Å². The van der Waals surface area contributed by atoms with E-state index in [1.165, 1.54) is 0 Å². The fourth-order valence-corrected chi connectivity index (χ4v) is 1.83. The van der Waals surface area contributed by atoms with Gasteiger partial charge < -0.3 is 20.9 Å². The molecule has 0 saturated carbocycles. The second kappa shape index (κ2) is 9.47. The molecule has 0 bridgehead atoms. The molecule has 0 saturated heterocycles. The van der Waals surface area contributed by atoms with Crippen LogP contribution in [0, 0.1) is 0 Å². The molecule has 1 atom stereocenters. The number of halogens is 2. The summed E-state index contributed by atoms with van der Waals surface area (Å²) in [5, 5.41) is 12.8. The average Bonchev–Trinajstić information content (AvgIpc) is 2.33. The van der Waals surface area contributed by atoms with Crippen molar-refractivity contribution in [2.75, 3.05) is 13.2 Å². The molecule has 0 radical (unpaired) electrons. The van der Waals surface area contributed by atoms with E-state index in [1.54, 1.807) is 0 Å². The van der Waals surface area contributed by atoms with Crippen molar-refractivity contribution in [3.8, 4) is 5.75 Å². The van der Waals surface area contributed by atoms with Crippen molar-refractivity contribution in [3.05, 3.63) is 28.7 Å².